The predicted molar refractivity (Wildman–Crippen MR) is 52.8 cm³/mol. The van der Waals surface area contributed by atoms with E-state index >= 15 is 0 Å². The molecule has 0 radical (unpaired) electrons. The minimum Gasteiger partial charge on any atom is -0.493 e. The molecule has 0 aromatic heterocycles. The summed E-state index contributed by atoms with van der Waals surface area (Å²) in [4.78, 5) is 23.6. The van der Waals surface area contributed by atoms with Gasteiger partial charge in [-0.15, -0.1) is 0 Å². The molecule has 1 fully saturated rings. The van der Waals surface area contributed by atoms with Gasteiger partial charge in [-0.25, -0.2) is 0 Å². The second kappa shape index (κ2) is 2.81. The van der Waals surface area contributed by atoms with E-state index in [-0.39, 0.29) is 35.2 Å². The maximum absolute atomic E-state index is 11.9. The summed E-state index contributed by atoms with van der Waals surface area (Å²) < 4.78 is 5.02. The molecule has 0 N–H and O–H groups in total. The van der Waals surface area contributed by atoms with Crippen molar-refractivity contribution in [3.8, 4) is 0 Å². The van der Waals surface area contributed by atoms with Crippen LogP contribution in [0.1, 0.15) is 6.42 Å². The molecule has 3 rings (SSSR count). The molecular formula is C12H12O3. The van der Waals surface area contributed by atoms with Crippen LogP contribution in [0, 0.1) is 23.7 Å². The highest BCUT2D eigenvalue weighted by atomic mass is 16.5. The number of ketones is 2. The van der Waals surface area contributed by atoms with Gasteiger partial charge in [-0.1, -0.05) is 6.08 Å². The van der Waals surface area contributed by atoms with E-state index in [4.69, 9.17) is 4.74 Å². The van der Waals surface area contributed by atoms with E-state index in [1.165, 1.54) is 7.11 Å². The second-order valence-electron chi connectivity index (χ2n) is 4.48. The van der Waals surface area contributed by atoms with Gasteiger partial charge in [-0.2, -0.15) is 0 Å². The molecule has 3 aliphatic carbocycles. The smallest absolute Gasteiger partial charge is 0.201 e. The molecule has 3 nitrogen and oxygen atoms in total. The van der Waals surface area contributed by atoms with Crippen LogP contribution in [0.25, 0.3) is 0 Å². The summed E-state index contributed by atoms with van der Waals surface area (Å²) in [6.45, 7) is 0. The number of methoxy groups -OCH3 is 1. The molecule has 4 atom stereocenters. The Morgan fingerprint density at radius 2 is 2.07 bits per heavy atom. The van der Waals surface area contributed by atoms with Gasteiger partial charge in [0.05, 0.1) is 7.11 Å². The first kappa shape index (κ1) is 8.89. The van der Waals surface area contributed by atoms with Gasteiger partial charge in [-0.05, 0) is 30.4 Å². The van der Waals surface area contributed by atoms with Gasteiger partial charge in [-0.3, -0.25) is 9.59 Å². The van der Waals surface area contributed by atoms with Crippen LogP contribution in [-0.2, 0) is 14.3 Å². The van der Waals surface area contributed by atoms with Crippen molar-refractivity contribution in [3.63, 3.8) is 0 Å². The largest absolute Gasteiger partial charge is 0.493 e. The highest BCUT2D eigenvalue weighted by Gasteiger charge is 2.53. The van der Waals surface area contributed by atoms with Gasteiger partial charge in [0.1, 0.15) is 0 Å². The lowest BCUT2D eigenvalue weighted by molar-refractivity contribution is -0.128. The van der Waals surface area contributed by atoms with Crippen LogP contribution in [0.5, 0.6) is 0 Å². The third kappa shape index (κ3) is 1.01. The number of hydrogen-bond acceptors (Lipinski definition) is 3. The number of ether oxygens (including phenoxy) is 1. The Morgan fingerprint density at radius 3 is 2.80 bits per heavy atom. The van der Waals surface area contributed by atoms with E-state index in [1.54, 1.807) is 6.08 Å². The van der Waals surface area contributed by atoms with E-state index in [1.807, 2.05) is 12.2 Å². The van der Waals surface area contributed by atoms with Gasteiger partial charge in [0, 0.05) is 11.8 Å². The summed E-state index contributed by atoms with van der Waals surface area (Å²) in [6.07, 6.45) is 6.39. The van der Waals surface area contributed by atoms with Gasteiger partial charge in [0.15, 0.2) is 11.5 Å². The number of carbonyl (C=O) groups is 2. The highest BCUT2D eigenvalue weighted by Crippen LogP contribution is 2.50. The van der Waals surface area contributed by atoms with Crippen LogP contribution in [-0.4, -0.2) is 18.7 Å². The van der Waals surface area contributed by atoms with Crippen LogP contribution < -0.4 is 0 Å². The van der Waals surface area contributed by atoms with E-state index in [0.717, 1.165) is 6.42 Å². The average Bonchev–Trinajstić information content (AvgIpc) is 2.81. The van der Waals surface area contributed by atoms with Crippen LogP contribution in [0.15, 0.2) is 24.0 Å². The van der Waals surface area contributed by atoms with Crippen molar-refractivity contribution in [2.24, 2.45) is 23.7 Å². The molecule has 0 bridgehead atoms. The van der Waals surface area contributed by atoms with Gasteiger partial charge < -0.3 is 4.74 Å². The Bertz CT molecular complexity index is 405. The fraction of sp³-hybridized carbons (Fsp3) is 0.500. The first-order chi connectivity index (χ1) is 7.22. The average molecular weight is 204 g/mol. The Hall–Kier alpha value is -1.38. The molecule has 1 saturated carbocycles. The van der Waals surface area contributed by atoms with Crippen molar-refractivity contribution < 1.29 is 14.3 Å². The summed E-state index contributed by atoms with van der Waals surface area (Å²) in [5.74, 6) is 0.836. The molecule has 0 amide bonds. The summed E-state index contributed by atoms with van der Waals surface area (Å²) in [5.41, 5.74) is 0. The maximum atomic E-state index is 11.9. The topological polar surface area (TPSA) is 43.4 Å². The van der Waals surface area contributed by atoms with Crippen molar-refractivity contribution in [1.82, 2.24) is 0 Å². The van der Waals surface area contributed by atoms with E-state index < -0.39 is 0 Å². The normalized spacial score (nSPS) is 41.8. The zero-order chi connectivity index (χ0) is 10.6. The van der Waals surface area contributed by atoms with Crippen molar-refractivity contribution in [1.29, 1.82) is 0 Å². The Balaban J connectivity index is 1.96. The molecule has 0 heterocycles. The number of hydrogen-bond donors (Lipinski definition) is 0. The molecular weight excluding hydrogens is 192 g/mol. The number of carbonyl (C=O) groups excluding carboxylic acids is 2. The fourth-order valence-electron chi connectivity index (χ4n) is 3.19. The molecule has 0 aromatic carbocycles. The van der Waals surface area contributed by atoms with Crippen LogP contribution >= 0.6 is 0 Å². The molecule has 0 saturated heterocycles. The van der Waals surface area contributed by atoms with E-state index in [2.05, 4.69) is 0 Å². The SMILES string of the molecule is COC1=C[C@@H]2C[C@@H]3C=CC(=O)[C@@H]3[C@@H]2C1=O. The molecule has 15 heavy (non-hydrogen) atoms. The quantitative estimate of drug-likeness (QED) is 0.642. The predicted octanol–water partition coefficient (Wildman–Crippen LogP) is 1.11. The summed E-state index contributed by atoms with van der Waals surface area (Å²) in [6, 6.07) is 0. The van der Waals surface area contributed by atoms with Crippen molar-refractivity contribution in [2.45, 2.75) is 6.42 Å². The Kier molecular flexibility index (Phi) is 1.67. The van der Waals surface area contributed by atoms with Crippen molar-refractivity contribution in [2.75, 3.05) is 7.11 Å². The third-order valence-electron chi connectivity index (χ3n) is 3.82. The zero-order valence-corrected chi connectivity index (χ0v) is 8.47. The Morgan fingerprint density at radius 1 is 1.27 bits per heavy atom. The van der Waals surface area contributed by atoms with E-state index in [0.29, 0.717) is 5.76 Å². The minimum absolute atomic E-state index is 0.0204. The van der Waals surface area contributed by atoms with Crippen LogP contribution in [0.3, 0.4) is 0 Å². The van der Waals surface area contributed by atoms with Gasteiger partial charge in [0.25, 0.3) is 0 Å². The fourth-order valence-corrected chi connectivity index (χ4v) is 3.19. The minimum atomic E-state index is -0.146. The first-order valence-corrected chi connectivity index (χ1v) is 5.24. The second-order valence-corrected chi connectivity index (χ2v) is 4.48. The van der Waals surface area contributed by atoms with Crippen molar-refractivity contribution >= 4 is 11.6 Å². The molecule has 0 aliphatic heterocycles. The zero-order valence-electron chi connectivity index (χ0n) is 8.47. The standard InChI is InChI=1S/C12H12O3/c1-15-9-5-7-4-6-2-3-8(13)10(6)11(7)12(9)14/h2-3,5-7,10-11H,4H2,1H3/t6-,7-,10+,11+/m0/s1. The number of allylic oxidation sites excluding steroid dienone is 4. The summed E-state index contributed by atoms with van der Waals surface area (Å²) in [5, 5.41) is 0. The maximum Gasteiger partial charge on any atom is 0.201 e. The molecule has 0 spiro atoms. The number of rotatable bonds is 1. The molecule has 3 aliphatic rings. The number of fused-ring (bicyclic) bond motifs is 3. The summed E-state index contributed by atoms with van der Waals surface area (Å²) >= 11 is 0. The molecule has 0 aromatic rings. The number of Topliss-reactive ketones (excluding diaryl/α,β-unsaturated/α-hetero) is 1. The monoisotopic (exact) mass is 204 g/mol. The lowest BCUT2D eigenvalue weighted by atomic mass is 9.87. The first-order valence-electron chi connectivity index (χ1n) is 5.24. The third-order valence-corrected chi connectivity index (χ3v) is 3.82. The summed E-state index contributed by atoms with van der Waals surface area (Å²) in [7, 11) is 1.51. The van der Waals surface area contributed by atoms with Crippen LogP contribution in [0.2, 0.25) is 0 Å². The lowest BCUT2D eigenvalue weighted by Gasteiger charge is -2.14. The highest BCUT2D eigenvalue weighted by molar-refractivity contribution is 6.05. The van der Waals surface area contributed by atoms with E-state index in [9.17, 15) is 9.59 Å². The van der Waals surface area contributed by atoms with Crippen LogP contribution in [0.4, 0.5) is 0 Å². The van der Waals surface area contributed by atoms with Gasteiger partial charge in [0.2, 0.25) is 5.78 Å². The van der Waals surface area contributed by atoms with Crippen molar-refractivity contribution in [3.05, 3.63) is 24.0 Å². The molecule has 78 valence electrons. The molecule has 0 unspecified atom stereocenters. The lowest BCUT2D eigenvalue weighted by Crippen LogP contribution is -2.26. The Labute approximate surface area is 87.8 Å². The van der Waals surface area contributed by atoms with Gasteiger partial charge >= 0.3 is 0 Å². The molecule has 3 heteroatoms.